The fourth-order valence-electron chi connectivity index (χ4n) is 4.87. The number of halogens is 2. The van der Waals surface area contributed by atoms with Gasteiger partial charge in [-0.25, -0.2) is 17.2 Å². The topological polar surface area (TPSA) is 40.6 Å². The highest BCUT2D eigenvalue weighted by Crippen LogP contribution is 2.38. The molecule has 0 amide bonds. The summed E-state index contributed by atoms with van der Waals surface area (Å²) in [6.45, 7) is 10.2. The van der Waals surface area contributed by atoms with E-state index in [-0.39, 0.29) is 12.5 Å². The van der Waals surface area contributed by atoms with Crippen LogP contribution in [0.5, 0.6) is 0 Å². The summed E-state index contributed by atoms with van der Waals surface area (Å²) in [5, 5.41) is -0.448. The molecular weight excluding hydrogens is 406 g/mol. The molecule has 0 aliphatic carbocycles. The molecule has 2 saturated heterocycles. The van der Waals surface area contributed by atoms with Crippen molar-refractivity contribution in [2.45, 2.75) is 63.0 Å². The Morgan fingerprint density at radius 3 is 2.30 bits per heavy atom. The molecule has 4 nitrogen and oxygen atoms in total. The standard InChI is InChI=1S/C23H36F2N2O2S/c1-17(2)22-10-11-26(16-23(22,24)25)15-19-8-12-27(13-9-19)20-6-5-7-21(14-20)30(28,29)18(3)4/h5-7,14,17-19,22H,8-13,15-16H2,1-4H3. The SMILES string of the molecule is CC(C)C1CCN(CC2CCN(c3cccc(S(=O)(=O)C(C)C)c3)CC2)CC1(F)F. The van der Waals surface area contributed by atoms with E-state index in [0.29, 0.717) is 17.2 Å². The molecule has 0 spiro atoms. The van der Waals surface area contributed by atoms with Gasteiger partial charge in [-0.3, -0.25) is 4.90 Å². The zero-order valence-electron chi connectivity index (χ0n) is 18.7. The molecule has 1 atom stereocenters. The van der Waals surface area contributed by atoms with Gasteiger partial charge in [-0.1, -0.05) is 19.9 Å². The van der Waals surface area contributed by atoms with E-state index in [1.54, 1.807) is 32.0 Å². The third-order valence-corrected chi connectivity index (χ3v) is 8.95. The lowest BCUT2D eigenvalue weighted by atomic mass is 9.83. The van der Waals surface area contributed by atoms with Crippen LogP contribution in [0.3, 0.4) is 0 Å². The number of hydrogen-bond donors (Lipinski definition) is 0. The molecule has 1 unspecified atom stereocenters. The van der Waals surface area contributed by atoms with Gasteiger partial charge in [0, 0.05) is 31.2 Å². The highest BCUT2D eigenvalue weighted by Gasteiger charge is 2.45. The quantitative estimate of drug-likeness (QED) is 0.640. The Morgan fingerprint density at radius 2 is 1.73 bits per heavy atom. The van der Waals surface area contributed by atoms with Crippen molar-refractivity contribution in [3.8, 4) is 0 Å². The monoisotopic (exact) mass is 442 g/mol. The van der Waals surface area contributed by atoms with E-state index in [2.05, 4.69) is 4.90 Å². The van der Waals surface area contributed by atoms with Gasteiger partial charge in [0.2, 0.25) is 0 Å². The first-order valence-electron chi connectivity index (χ1n) is 11.2. The summed E-state index contributed by atoms with van der Waals surface area (Å²) >= 11 is 0. The van der Waals surface area contributed by atoms with Gasteiger partial charge in [0.05, 0.1) is 16.7 Å². The van der Waals surface area contributed by atoms with Crippen molar-refractivity contribution in [2.24, 2.45) is 17.8 Å². The Hall–Kier alpha value is -1.21. The Labute approximate surface area is 180 Å². The maximum absolute atomic E-state index is 14.5. The molecule has 1 aromatic rings. The molecule has 1 aromatic carbocycles. The molecule has 0 aromatic heterocycles. The van der Waals surface area contributed by atoms with Gasteiger partial charge in [-0.2, -0.15) is 0 Å². The Balaban J connectivity index is 1.56. The van der Waals surface area contributed by atoms with Crippen LogP contribution in [0, 0.1) is 17.8 Å². The van der Waals surface area contributed by atoms with Gasteiger partial charge in [-0.05, 0) is 69.7 Å². The number of sulfone groups is 1. The summed E-state index contributed by atoms with van der Waals surface area (Å²) in [5.74, 6) is -2.68. The lowest BCUT2D eigenvalue weighted by Crippen LogP contribution is -2.51. The third-order valence-electron chi connectivity index (χ3n) is 6.80. The van der Waals surface area contributed by atoms with Crippen LogP contribution >= 0.6 is 0 Å². The van der Waals surface area contributed by atoms with E-state index in [9.17, 15) is 17.2 Å². The van der Waals surface area contributed by atoms with E-state index >= 15 is 0 Å². The van der Waals surface area contributed by atoms with Gasteiger partial charge in [0.1, 0.15) is 0 Å². The molecule has 170 valence electrons. The second-order valence-corrected chi connectivity index (χ2v) is 12.2. The Bertz CT molecular complexity index is 818. The van der Waals surface area contributed by atoms with Crippen molar-refractivity contribution in [1.29, 1.82) is 0 Å². The first-order chi connectivity index (χ1) is 14.0. The first kappa shape index (κ1) is 23.5. The summed E-state index contributed by atoms with van der Waals surface area (Å²) in [7, 11) is -3.29. The molecule has 7 heteroatoms. The largest absolute Gasteiger partial charge is 0.371 e. The average molecular weight is 443 g/mol. The van der Waals surface area contributed by atoms with Crippen LogP contribution in [-0.2, 0) is 9.84 Å². The molecule has 0 N–H and O–H groups in total. The molecule has 2 aliphatic rings. The van der Waals surface area contributed by atoms with Crippen LogP contribution in [0.1, 0.15) is 47.0 Å². The molecule has 0 saturated carbocycles. The van der Waals surface area contributed by atoms with E-state index in [1.807, 2.05) is 24.8 Å². The fraction of sp³-hybridized carbons (Fsp3) is 0.739. The van der Waals surface area contributed by atoms with Crippen LogP contribution < -0.4 is 4.90 Å². The van der Waals surface area contributed by atoms with Crippen LogP contribution in [-0.4, -0.2) is 57.2 Å². The lowest BCUT2D eigenvalue weighted by molar-refractivity contribution is -0.127. The maximum Gasteiger partial charge on any atom is 0.263 e. The summed E-state index contributed by atoms with van der Waals surface area (Å²) in [6, 6.07) is 7.19. The predicted octanol–water partition coefficient (Wildman–Crippen LogP) is 4.70. The molecular formula is C23H36F2N2O2S. The summed E-state index contributed by atoms with van der Waals surface area (Å²) in [4.78, 5) is 4.54. The van der Waals surface area contributed by atoms with Crippen molar-refractivity contribution in [2.75, 3.05) is 37.6 Å². The minimum absolute atomic E-state index is 0.0145. The molecule has 0 radical (unpaired) electrons. The normalized spacial score (nSPS) is 24.0. The number of rotatable bonds is 6. The number of alkyl halides is 2. The number of nitrogens with zero attached hydrogens (tertiary/aromatic N) is 2. The van der Waals surface area contributed by atoms with E-state index in [1.165, 1.54) is 0 Å². The van der Waals surface area contributed by atoms with Gasteiger partial charge in [0.15, 0.2) is 9.84 Å². The zero-order valence-corrected chi connectivity index (χ0v) is 19.5. The van der Waals surface area contributed by atoms with Crippen LogP contribution in [0.4, 0.5) is 14.5 Å². The van der Waals surface area contributed by atoms with Crippen molar-refractivity contribution in [1.82, 2.24) is 4.90 Å². The second kappa shape index (κ2) is 9.11. The number of anilines is 1. The lowest BCUT2D eigenvalue weighted by Gasteiger charge is -2.42. The minimum Gasteiger partial charge on any atom is -0.371 e. The highest BCUT2D eigenvalue weighted by atomic mass is 32.2. The number of hydrogen-bond acceptors (Lipinski definition) is 4. The molecule has 30 heavy (non-hydrogen) atoms. The predicted molar refractivity (Wildman–Crippen MR) is 118 cm³/mol. The number of benzene rings is 1. The fourth-order valence-corrected chi connectivity index (χ4v) is 5.97. The van der Waals surface area contributed by atoms with Crippen molar-refractivity contribution in [3.05, 3.63) is 24.3 Å². The zero-order chi connectivity index (χ0) is 22.1. The van der Waals surface area contributed by atoms with Crippen molar-refractivity contribution >= 4 is 15.5 Å². The first-order valence-corrected chi connectivity index (χ1v) is 12.7. The average Bonchev–Trinajstić information content (AvgIpc) is 2.67. The van der Waals surface area contributed by atoms with Crippen LogP contribution in [0.15, 0.2) is 29.2 Å². The molecule has 2 heterocycles. The van der Waals surface area contributed by atoms with E-state index in [4.69, 9.17) is 0 Å². The van der Waals surface area contributed by atoms with Gasteiger partial charge in [-0.15, -0.1) is 0 Å². The summed E-state index contributed by atoms with van der Waals surface area (Å²) in [6.07, 6.45) is 2.45. The minimum atomic E-state index is -3.29. The van der Waals surface area contributed by atoms with Gasteiger partial charge >= 0.3 is 0 Å². The number of likely N-dealkylation sites (tertiary alicyclic amines) is 1. The molecule has 3 rings (SSSR count). The number of piperidine rings is 2. The molecule has 2 aliphatic heterocycles. The van der Waals surface area contributed by atoms with E-state index < -0.39 is 26.9 Å². The summed E-state index contributed by atoms with van der Waals surface area (Å²) < 4.78 is 53.9. The molecule has 2 fully saturated rings. The second-order valence-electron chi connectivity index (χ2n) is 9.66. The van der Waals surface area contributed by atoms with E-state index in [0.717, 1.165) is 44.7 Å². The van der Waals surface area contributed by atoms with Gasteiger partial charge < -0.3 is 4.90 Å². The smallest absolute Gasteiger partial charge is 0.263 e. The Morgan fingerprint density at radius 1 is 1.07 bits per heavy atom. The molecule has 0 bridgehead atoms. The maximum atomic E-state index is 14.5. The van der Waals surface area contributed by atoms with Crippen LogP contribution in [0.25, 0.3) is 0 Å². The van der Waals surface area contributed by atoms with Crippen molar-refractivity contribution < 1.29 is 17.2 Å². The highest BCUT2D eigenvalue weighted by molar-refractivity contribution is 7.92. The van der Waals surface area contributed by atoms with Gasteiger partial charge in [0.25, 0.3) is 5.92 Å². The van der Waals surface area contributed by atoms with Crippen molar-refractivity contribution in [3.63, 3.8) is 0 Å². The van der Waals surface area contributed by atoms with Crippen LogP contribution in [0.2, 0.25) is 0 Å². The Kier molecular flexibility index (Phi) is 7.12. The third kappa shape index (κ3) is 5.16. The summed E-state index contributed by atoms with van der Waals surface area (Å²) in [5.41, 5.74) is 0.930.